The number of nitrogens with zero attached hydrogens (tertiary/aromatic N) is 1. The fourth-order valence-electron chi connectivity index (χ4n) is 0.894. The molecule has 0 bridgehead atoms. The lowest BCUT2D eigenvalue weighted by atomic mass is 10.4. The van der Waals surface area contributed by atoms with Crippen molar-refractivity contribution in [2.45, 2.75) is 12.6 Å². The van der Waals surface area contributed by atoms with Gasteiger partial charge < -0.3 is 5.11 Å². The first-order valence-corrected chi connectivity index (χ1v) is 5.28. The zero-order valence-corrected chi connectivity index (χ0v) is 9.38. The second kappa shape index (κ2) is 4.77. The molecule has 1 rings (SSSR count). The maximum absolute atomic E-state index is 11.2. The summed E-state index contributed by atoms with van der Waals surface area (Å²) >= 11 is 8.58. The number of nitrogens with one attached hydrogen (secondary N) is 1. The summed E-state index contributed by atoms with van der Waals surface area (Å²) in [5.74, 6) is 0. The van der Waals surface area contributed by atoms with E-state index in [9.17, 15) is 14.7 Å². The monoisotopic (exact) mass is 282 g/mol. The van der Waals surface area contributed by atoms with Gasteiger partial charge in [0.25, 0.3) is 5.56 Å². The Morgan fingerprint density at radius 1 is 1.64 bits per heavy atom. The van der Waals surface area contributed by atoms with E-state index in [2.05, 4.69) is 15.9 Å². The van der Waals surface area contributed by atoms with Crippen molar-refractivity contribution in [3.05, 3.63) is 32.1 Å². The fraction of sp³-hybridized carbons (Fsp3) is 0.429. The maximum Gasteiger partial charge on any atom is 0.328 e. The summed E-state index contributed by atoms with van der Waals surface area (Å²) in [5.41, 5.74) is -1.21. The van der Waals surface area contributed by atoms with Gasteiger partial charge in [-0.15, -0.1) is 0 Å². The largest absolute Gasteiger partial charge is 0.390 e. The number of aliphatic hydroxyl groups is 1. The van der Waals surface area contributed by atoms with Crippen LogP contribution in [-0.2, 0) is 6.54 Å². The molecule has 0 fully saturated rings. The highest BCUT2D eigenvalue weighted by Gasteiger charge is 2.06. The van der Waals surface area contributed by atoms with Crippen molar-refractivity contribution in [3.8, 4) is 0 Å². The predicted molar refractivity (Wildman–Crippen MR) is 56.1 cm³/mol. The van der Waals surface area contributed by atoms with Crippen LogP contribution in [0.15, 0.2) is 15.8 Å². The van der Waals surface area contributed by atoms with Gasteiger partial charge in [0.1, 0.15) is 5.02 Å². The molecule has 0 aliphatic rings. The average molecular weight is 284 g/mol. The molecule has 1 heterocycles. The van der Waals surface area contributed by atoms with Gasteiger partial charge in [-0.2, -0.15) is 0 Å². The molecule has 7 heteroatoms. The lowest BCUT2D eigenvalue weighted by Gasteiger charge is -2.08. The van der Waals surface area contributed by atoms with Crippen LogP contribution in [0.1, 0.15) is 0 Å². The zero-order chi connectivity index (χ0) is 10.7. The molecule has 0 saturated carbocycles. The van der Waals surface area contributed by atoms with Crippen LogP contribution in [0, 0.1) is 0 Å². The third kappa shape index (κ3) is 2.70. The normalized spacial score (nSPS) is 12.8. The van der Waals surface area contributed by atoms with Crippen molar-refractivity contribution in [2.75, 3.05) is 5.33 Å². The molecule has 1 atom stereocenters. The summed E-state index contributed by atoms with van der Waals surface area (Å²) < 4.78 is 1.15. The zero-order valence-electron chi connectivity index (χ0n) is 7.04. The van der Waals surface area contributed by atoms with Gasteiger partial charge in [-0.1, -0.05) is 27.5 Å². The Balaban J connectivity index is 3.04. The van der Waals surface area contributed by atoms with Gasteiger partial charge in [0.05, 0.1) is 12.6 Å². The second-order valence-electron chi connectivity index (χ2n) is 2.70. The predicted octanol–water partition coefficient (Wildman–Crippen LogP) is -0.0542. The highest BCUT2D eigenvalue weighted by atomic mass is 79.9. The number of halogens is 2. The topological polar surface area (TPSA) is 75.1 Å². The SMILES string of the molecule is O=c1[nH]c(=O)n(CC(O)CBr)cc1Cl. The number of aromatic amines is 1. The Kier molecular flexibility index (Phi) is 3.91. The van der Waals surface area contributed by atoms with E-state index in [1.807, 2.05) is 4.98 Å². The molecule has 0 radical (unpaired) electrons. The van der Waals surface area contributed by atoms with E-state index < -0.39 is 17.4 Å². The van der Waals surface area contributed by atoms with E-state index in [1.54, 1.807) is 0 Å². The van der Waals surface area contributed by atoms with E-state index in [4.69, 9.17) is 11.6 Å². The number of hydrogen-bond acceptors (Lipinski definition) is 3. The summed E-state index contributed by atoms with van der Waals surface area (Å²) in [6.45, 7) is 0.0839. The molecule has 0 aromatic carbocycles. The van der Waals surface area contributed by atoms with E-state index in [0.29, 0.717) is 5.33 Å². The van der Waals surface area contributed by atoms with Crippen LogP contribution < -0.4 is 11.2 Å². The van der Waals surface area contributed by atoms with Crippen LogP contribution >= 0.6 is 27.5 Å². The van der Waals surface area contributed by atoms with Crippen LogP contribution in [0.3, 0.4) is 0 Å². The summed E-state index contributed by atoms with van der Waals surface area (Å²) in [6, 6.07) is 0. The maximum atomic E-state index is 11.2. The summed E-state index contributed by atoms with van der Waals surface area (Å²) in [6.07, 6.45) is 0.504. The van der Waals surface area contributed by atoms with Crippen molar-refractivity contribution >= 4 is 27.5 Å². The molecule has 0 saturated heterocycles. The highest BCUT2D eigenvalue weighted by Crippen LogP contribution is 1.98. The Morgan fingerprint density at radius 2 is 2.29 bits per heavy atom. The van der Waals surface area contributed by atoms with Crippen molar-refractivity contribution in [2.24, 2.45) is 0 Å². The Hall–Kier alpha value is -0.590. The molecular formula is C7H8BrClN2O3. The molecule has 2 N–H and O–H groups in total. The molecule has 1 aromatic rings. The Labute approximate surface area is 92.5 Å². The molecule has 0 aliphatic carbocycles. The molecule has 0 aliphatic heterocycles. The molecule has 1 aromatic heterocycles. The molecule has 78 valence electrons. The smallest absolute Gasteiger partial charge is 0.328 e. The number of rotatable bonds is 3. The van der Waals surface area contributed by atoms with Crippen LogP contribution in [0.4, 0.5) is 0 Å². The number of hydrogen-bond donors (Lipinski definition) is 2. The highest BCUT2D eigenvalue weighted by molar-refractivity contribution is 9.09. The minimum Gasteiger partial charge on any atom is -0.390 e. The van der Waals surface area contributed by atoms with Gasteiger partial charge in [0.15, 0.2) is 0 Å². The molecule has 1 unspecified atom stereocenters. The summed E-state index contributed by atoms with van der Waals surface area (Å²) in [7, 11) is 0. The van der Waals surface area contributed by atoms with Crippen LogP contribution in [-0.4, -0.2) is 26.1 Å². The lowest BCUT2D eigenvalue weighted by molar-refractivity contribution is 0.177. The average Bonchev–Trinajstić information content (AvgIpc) is 2.14. The number of aliphatic hydroxyl groups excluding tert-OH is 1. The molecule has 0 spiro atoms. The van der Waals surface area contributed by atoms with Crippen molar-refractivity contribution in [3.63, 3.8) is 0 Å². The number of alkyl halides is 1. The van der Waals surface area contributed by atoms with Crippen molar-refractivity contribution in [1.29, 1.82) is 0 Å². The number of aromatic nitrogens is 2. The van der Waals surface area contributed by atoms with Crippen LogP contribution in [0.5, 0.6) is 0 Å². The minimum atomic E-state index is -0.699. The standard InChI is InChI=1S/C7H8BrClN2O3/c8-1-4(12)2-11-3-5(9)6(13)10-7(11)14/h3-4,12H,1-2H2,(H,10,13,14). The van der Waals surface area contributed by atoms with Gasteiger partial charge >= 0.3 is 5.69 Å². The van der Waals surface area contributed by atoms with Crippen molar-refractivity contribution < 1.29 is 5.11 Å². The van der Waals surface area contributed by atoms with E-state index in [1.165, 1.54) is 6.20 Å². The third-order valence-electron chi connectivity index (χ3n) is 1.55. The van der Waals surface area contributed by atoms with Crippen molar-refractivity contribution in [1.82, 2.24) is 9.55 Å². The van der Waals surface area contributed by atoms with E-state index >= 15 is 0 Å². The fourth-order valence-corrected chi connectivity index (χ4v) is 1.26. The van der Waals surface area contributed by atoms with E-state index in [-0.39, 0.29) is 11.6 Å². The Morgan fingerprint density at radius 3 is 2.86 bits per heavy atom. The van der Waals surface area contributed by atoms with Gasteiger partial charge in [-0.3, -0.25) is 14.3 Å². The first-order valence-electron chi connectivity index (χ1n) is 3.78. The third-order valence-corrected chi connectivity index (χ3v) is 2.57. The van der Waals surface area contributed by atoms with Crippen LogP contribution in [0.2, 0.25) is 5.02 Å². The molecule has 0 amide bonds. The van der Waals surface area contributed by atoms with Crippen LogP contribution in [0.25, 0.3) is 0 Å². The van der Waals surface area contributed by atoms with Gasteiger partial charge in [0.2, 0.25) is 0 Å². The van der Waals surface area contributed by atoms with Gasteiger partial charge in [-0.25, -0.2) is 4.79 Å². The minimum absolute atomic E-state index is 0.0774. The molecular weight excluding hydrogens is 275 g/mol. The summed E-state index contributed by atoms with van der Waals surface area (Å²) in [5, 5.41) is 9.52. The second-order valence-corrected chi connectivity index (χ2v) is 3.75. The van der Waals surface area contributed by atoms with Gasteiger partial charge in [0, 0.05) is 11.5 Å². The van der Waals surface area contributed by atoms with E-state index in [0.717, 1.165) is 4.57 Å². The first kappa shape index (κ1) is 11.5. The first-order chi connectivity index (χ1) is 6.54. The van der Waals surface area contributed by atoms with Gasteiger partial charge in [-0.05, 0) is 0 Å². The quantitative estimate of drug-likeness (QED) is 0.764. The Bertz CT molecular complexity index is 428. The summed E-state index contributed by atoms with van der Waals surface area (Å²) in [4.78, 5) is 24.1. The number of H-pyrrole nitrogens is 1. The lowest BCUT2D eigenvalue weighted by Crippen LogP contribution is -2.33. The molecule has 5 nitrogen and oxygen atoms in total. The molecule has 14 heavy (non-hydrogen) atoms.